The zero-order chi connectivity index (χ0) is 22.5. The van der Waals surface area contributed by atoms with Crippen LogP contribution in [0, 0.1) is 6.92 Å². The maximum absolute atomic E-state index is 13.2. The van der Waals surface area contributed by atoms with Crippen LogP contribution in [0.25, 0.3) is 10.2 Å². The number of pyridine rings is 1. The molecule has 2 aromatic carbocycles. The summed E-state index contributed by atoms with van der Waals surface area (Å²) < 4.78 is 2.85. The molecule has 0 bridgehead atoms. The highest BCUT2D eigenvalue weighted by Crippen LogP contribution is 2.23. The quantitative estimate of drug-likeness (QED) is 0.478. The number of carbonyl (C=O) groups is 2. The van der Waals surface area contributed by atoms with Crippen molar-refractivity contribution in [3.8, 4) is 0 Å². The van der Waals surface area contributed by atoms with Gasteiger partial charge in [-0.1, -0.05) is 54.2 Å². The van der Waals surface area contributed by atoms with E-state index in [0.29, 0.717) is 23.3 Å². The van der Waals surface area contributed by atoms with Crippen molar-refractivity contribution in [2.45, 2.75) is 32.9 Å². The fraction of sp³-hybridized carbons (Fsp3) is 0.200. The van der Waals surface area contributed by atoms with Crippen molar-refractivity contribution < 1.29 is 9.59 Å². The molecule has 32 heavy (non-hydrogen) atoms. The van der Waals surface area contributed by atoms with Gasteiger partial charge in [-0.15, -0.1) is 0 Å². The molecule has 0 aliphatic carbocycles. The number of nitrogens with one attached hydrogen (secondary N) is 1. The molecule has 7 heteroatoms. The van der Waals surface area contributed by atoms with Gasteiger partial charge in [-0.05, 0) is 49.2 Å². The topological polar surface area (TPSA) is 76.3 Å². The standard InChI is InChI=1S/C25H24N4O2S/c1-3-20(24(31)27-16-18-7-6-14-26-15-18)29-21-8-4-5-9-22(21)32-25(29)28-23(30)19-12-10-17(2)11-13-19/h4-15,20H,3,16H2,1-2H3,(H,27,31). The lowest BCUT2D eigenvalue weighted by Crippen LogP contribution is -2.35. The Morgan fingerprint density at radius 3 is 2.59 bits per heavy atom. The molecule has 0 saturated carbocycles. The molecule has 0 fully saturated rings. The van der Waals surface area contributed by atoms with E-state index in [-0.39, 0.29) is 11.8 Å². The summed E-state index contributed by atoms with van der Waals surface area (Å²) in [7, 11) is 0. The van der Waals surface area contributed by atoms with Crippen LogP contribution in [0.4, 0.5) is 0 Å². The highest BCUT2D eigenvalue weighted by atomic mass is 32.1. The van der Waals surface area contributed by atoms with Gasteiger partial charge in [0.05, 0.1) is 10.2 Å². The van der Waals surface area contributed by atoms with Crippen molar-refractivity contribution in [1.82, 2.24) is 14.9 Å². The minimum Gasteiger partial charge on any atom is -0.350 e. The fourth-order valence-corrected chi connectivity index (χ4v) is 4.58. The number of rotatable bonds is 6. The fourth-order valence-electron chi connectivity index (χ4n) is 3.51. The van der Waals surface area contributed by atoms with E-state index in [1.54, 1.807) is 24.5 Å². The van der Waals surface area contributed by atoms with Crippen LogP contribution in [0.15, 0.2) is 78.0 Å². The number of aromatic nitrogens is 2. The third-order valence-electron chi connectivity index (χ3n) is 5.22. The molecule has 0 aliphatic rings. The van der Waals surface area contributed by atoms with E-state index in [1.807, 2.05) is 66.9 Å². The number of para-hydroxylation sites is 1. The number of hydrogen-bond donors (Lipinski definition) is 1. The van der Waals surface area contributed by atoms with Crippen LogP contribution in [0.1, 0.15) is 40.9 Å². The number of hydrogen-bond acceptors (Lipinski definition) is 4. The molecule has 0 saturated heterocycles. The first kappa shape index (κ1) is 21.6. The lowest BCUT2D eigenvalue weighted by Gasteiger charge is -2.18. The van der Waals surface area contributed by atoms with Crippen molar-refractivity contribution in [3.05, 3.63) is 94.5 Å². The molecule has 2 amide bonds. The first-order valence-electron chi connectivity index (χ1n) is 10.5. The van der Waals surface area contributed by atoms with E-state index in [9.17, 15) is 9.59 Å². The van der Waals surface area contributed by atoms with E-state index >= 15 is 0 Å². The minimum atomic E-state index is -0.493. The van der Waals surface area contributed by atoms with Crippen LogP contribution in [0.3, 0.4) is 0 Å². The second kappa shape index (κ2) is 9.70. The Kier molecular flexibility index (Phi) is 6.56. The molecule has 0 aliphatic heterocycles. The predicted octanol–water partition coefficient (Wildman–Crippen LogP) is 4.41. The average Bonchev–Trinajstić information content (AvgIpc) is 3.17. The summed E-state index contributed by atoms with van der Waals surface area (Å²) in [6, 6.07) is 18.4. The average molecular weight is 445 g/mol. The summed E-state index contributed by atoms with van der Waals surface area (Å²) in [5, 5.41) is 3.00. The van der Waals surface area contributed by atoms with Gasteiger partial charge in [-0.2, -0.15) is 4.99 Å². The van der Waals surface area contributed by atoms with Crippen molar-refractivity contribution in [2.75, 3.05) is 0 Å². The van der Waals surface area contributed by atoms with Crippen LogP contribution < -0.4 is 10.1 Å². The summed E-state index contributed by atoms with van der Waals surface area (Å²) >= 11 is 1.41. The molecule has 1 N–H and O–H groups in total. The van der Waals surface area contributed by atoms with Crippen molar-refractivity contribution >= 4 is 33.4 Å². The summed E-state index contributed by atoms with van der Waals surface area (Å²) in [6.45, 7) is 4.32. The van der Waals surface area contributed by atoms with Crippen molar-refractivity contribution in [1.29, 1.82) is 0 Å². The van der Waals surface area contributed by atoms with E-state index in [1.165, 1.54) is 11.3 Å². The summed E-state index contributed by atoms with van der Waals surface area (Å²) in [5.41, 5.74) is 3.41. The van der Waals surface area contributed by atoms with Gasteiger partial charge in [0.25, 0.3) is 5.91 Å². The van der Waals surface area contributed by atoms with Crippen LogP contribution in [0.2, 0.25) is 0 Å². The number of benzene rings is 2. The van der Waals surface area contributed by atoms with Crippen LogP contribution in [-0.4, -0.2) is 21.4 Å². The molecule has 2 heterocycles. The van der Waals surface area contributed by atoms with Gasteiger partial charge in [0.15, 0.2) is 4.80 Å². The molecular formula is C25H24N4O2S. The molecule has 4 rings (SSSR count). The summed E-state index contributed by atoms with van der Waals surface area (Å²) in [5.74, 6) is -0.444. The van der Waals surface area contributed by atoms with E-state index in [2.05, 4.69) is 15.3 Å². The Hall–Kier alpha value is -3.58. The van der Waals surface area contributed by atoms with Crippen LogP contribution in [-0.2, 0) is 11.3 Å². The predicted molar refractivity (Wildman–Crippen MR) is 126 cm³/mol. The van der Waals surface area contributed by atoms with Gasteiger partial charge >= 0.3 is 0 Å². The van der Waals surface area contributed by atoms with Gasteiger partial charge < -0.3 is 9.88 Å². The molecule has 0 radical (unpaired) electrons. The van der Waals surface area contributed by atoms with Gasteiger partial charge in [-0.25, -0.2) is 0 Å². The molecule has 2 aromatic heterocycles. The zero-order valence-corrected chi connectivity index (χ0v) is 18.8. The Balaban J connectivity index is 1.72. The molecule has 0 spiro atoms. The maximum atomic E-state index is 13.2. The second-order valence-electron chi connectivity index (χ2n) is 7.51. The Bertz CT molecular complexity index is 1310. The van der Waals surface area contributed by atoms with Crippen LogP contribution in [0.5, 0.6) is 0 Å². The highest BCUT2D eigenvalue weighted by molar-refractivity contribution is 7.16. The first-order valence-corrected chi connectivity index (χ1v) is 11.3. The van der Waals surface area contributed by atoms with E-state index < -0.39 is 6.04 Å². The van der Waals surface area contributed by atoms with Gasteiger partial charge in [0.2, 0.25) is 5.91 Å². The number of aryl methyl sites for hydroxylation is 1. The smallest absolute Gasteiger partial charge is 0.279 e. The Labute approximate surface area is 190 Å². The SMILES string of the molecule is CCC(C(=O)NCc1cccnc1)n1c(=NC(=O)c2ccc(C)cc2)sc2ccccc21. The lowest BCUT2D eigenvalue weighted by molar-refractivity contribution is -0.124. The van der Waals surface area contributed by atoms with E-state index in [4.69, 9.17) is 0 Å². The third-order valence-corrected chi connectivity index (χ3v) is 6.25. The van der Waals surface area contributed by atoms with E-state index in [0.717, 1.165) is 21.3 Å². The number of nitrogens with zero attached hydrogens (tertiary/aromatic N) is 3. The monoisotopic (exact) mass is 444 g/mol. The zero-order valence-electron chi connectivity index (χ0n) is 18.0. The summed E-state index contributed by atoms with van der Waals surface area (Å²) in [4.78, 5) is 35.1. The lowest BCUT2D eigenvalue weighted by atomic mass is 10.1. The van der Waals surface area contributed by atoms with Crippen molar-refractivity contribution in [3.63, 3.8) is 0 Å². The number of fused-ring (bicyclic) bond motifs is 1. The first-order chi connectivity index (χ1) is 15.6. The number of thiazole rings is 1. The molecule has 6 nitrogen and oxygen atoms in total. The normalized spacial score (nSPS) is 12.6. The van der Waals surface area contributed by atoms with Gasteiger partial charge in [0, 0.05) is 24.5 Å². The Morgan fingerprint density at radius 1 is 1.09 bits per heavy atom. The third kappa shape index (κ3) is 4.68. The van der Waals surface area contributed by atoms with Crippen LogP contribution >= 0.6 is 11.3 Å². The highest BCUT2D eigenvalue weighted by Gasteiger charge is 2.22. The summed E-state index contributed by atoms with van der Waals surface area (Å²) in [6.07, 6.45) is 3.99. The largest absolute Gasteiger partial charge is 0.350 e. The minimum absolute atomic E-state index is 0.121. The second-order valence-corrected chi connectivity index (χ2v) is 8.52. The molecule has 1 atom stereocenters. The van der Waals surface area contributed by atoms with Gasteiger partial charge in [-0.3, -0.25) is 14.6 Å². The molecule has 4 aromatic rings. The number of carbonyl (C=O) groups excluding carboxylic acids is 2. The molecule has 162 valence electrons. The van der Waals surface area contributed by atoms with Gasteiger partial charge in [0.1, 0.15) is 6.04 Å². The maximum Gasteiger partial charge on any atom is 0.279 e. The van der Waals surface area contributed by atoms with Crippen molar-refractivity contribution in [2.24, 2.45) is 4.99 Å². The molecule has 1 unspecified atom stereocenters. The Morgan fingerprint density at radius 2 is 1.88 bits per heavy atom. The number of amides is 2. The molecular weight excluding hydrogens is 420 g/mol.